The average molecular weight is 704 g/mol. The Balaban J connectivity index is 1.04. The van der Waals surface area contributed by atoms with Gasteiger partial charge in [0, 0.05) is 33.4 Å². The van der Waals surface area contributed by atoms with E-state index in [2.05, 4.69) is 163 Å². The number of fused-ring (bicyclic) bond motifs is 4. The van der Waals surface area contributed by atoms with Crippen LogP contribution in [0.25, 0.3) is 65.1 Å². The van der Waals surface area contributed by atoms with Crippen LogP contribution in [0.1, 0.15) is 0 Å². The molecule has 9 aromatic rings. The van der Waals surface area contributed by atoms with Crippen molar-refractivity contribution < 1.29 is 13.9 Å². The Morgan fingerprint density at radius 2 is 0.868 bits per heavy atom. The Morgan fingerprint density at radius 1 is 0.396 bits per heavy atom. The molecule has 7 aromatic carbocycles. The van der Waals surface area contributed by atoms with E-state index in [1.165, 1.54) is 11.1 Å². The molecule has 0 fully saturated rings. The highest BCUT2D eigenvalue weighted by Gasteiger charge is 2.26. The fourth-order valence-corrected chi connectivity index (χ4v) is 8.53. The highest BCUT2D eigenvalue weighted by molar-refractivity contribution is 7.19. The van der Waals surface area contributed by atoms with Crippen LogP contribution in [0.2, 0.25) is 0 Å². The van der Waals surface area contributed by atoms with Gasteiger partial charge in [0.25, 0.3) is 0 Å². The molecule has 0 saturated heterocycles. The van der Waals surface area contributed by atoms with Crippen molar-refractivity contribution in [3.63, 3.8) is 0 Å². The van der Waals surface area contributed by atoms with Crippen LogP contribution in [0.15, 0.2) is 180 Å². The lowest BCUT2D eigenvalue weighted by molar-refractivity contribution is 0.175. The number of hydrogen-bond acceptors (Lipinski definition) is 5. The molecule has 0 atom stereocenters. The van der Waals surface area contributed by atoms with Gasteiger partial charge in [-0.1, -0.05) is 133 Å². The summed E-state index contributed by atoms with van der Waals surface area (Å²) in [6, 6.07) is 61.9. The van der Waals surface area contributed by atoms with Gasteiger partial charge in [0.2, 0.25) is 0 Å². The summed E-state index contributed by atoms with van der Waals surface area (Å²) >= 11 is 1.72. The van der Waals surface area contributed by atoms with E-state index in [0.717, 1.165) is 82.5 Å². The molecule has 0 unspecified atom stereocenters. The van der Waals surface area contributed by atoms with E-state index in [1.807, 2.05) is 18.2 Å². The van der Waals surface area contributed by atoms with Gasteiger partial charge in [0.1, 0.15) is 24.4 Å². The number of ether oxygens (including phenoxy) is 2. The highest BCUT2D eigenvalue weighted by Crippen LogP contribution is 2.54. The van der Waals surface area contributed by atoms with Gasteiger partial charge in [-0.3, -0.25) is 0 Å². The average Bonchev–Trinajstić information content (AvgIpc) is 3.82. The topological polar surface area (TPSA) is 34.8 Å². The van der Waals surface area contributed by atoms with Crippen LogP contribution in [-0.2, 0) is 0 Å². The highest BCUT2D eigenvalue weighted by atomic mass is 32.1. The predicted octanol–water partition coefficient (Wildman–Crippen LogP) is 13.6. The summed E-state index contributed by atoms with van der Waals surface area (Å²) in [5.41, 5.74) is 11.8. The van der Waals surface area contributed by atoms with Crippen molar-refractivity contribution in [2.45, 2.75) is 0 Å². The van der Waals surface area contributed by atoms with Gasteiger partial charge >= 0.3 is 0 Å². The summed E-state index contributed by atoms with van der Waals surface area (Å²) in [4.78, 5) is 4.48. The monoisotopic (exact) mass is 703 g/mol. The SMILES string of the molecule is c1ccc(-c2ccc(N(c3ccc(-c4sc(-c5ccccc5)c5c4OCCO5)cc3)c3ccc(-c4cccc5c4oc4ccccc45)cc3)cc2)cc1. The van der Waals surface area contributed by atoms with Gasteiger partial charge in [-0.05, 0) is 70.3 Å². The largest absolute Gasteiger partial charge is 0.485 e. The third kappa shape index (κ3) is 5.63. The Kier molecular flexibility index (Phi) is 7.77. The minimum atomic E-state index is 0.538. The third-order valence-electron chi connectivity index (χ3n) is 9.90. The first kappa shape index (κ1) is 31.2. The molecule has 0 amide bonds. The van der Waals surface area contributed by atoms with Crippen LogP contribution in [-0.4, -0.2) is 13.2 Å². The predicted molar refractivity (Wildman–Crippen MR) is 219 cm³/mol. The minimum absolute atomic E-state index is 0.538. The quantitative estimate of drug-likeness (QED) is 0.165. The van der Waals surface area contributed by atoms with E-state index < -0.39 is 0 Å². The van der Waals surface area contributed by atoms with Gasteiger partial charge in [-0.2, -0.15) is 0 Å². The molecule has 1 aliphatic rings. The van der Waals surface area contributed by atoms with Crippen molar-refractivity contribution in [2.75, 3.05) is 18.1 Å². The van der Waals surface area contributed by atoms with E-state index in [1.54, 1.807) is 11.3 Å². The molecule has 5 heteroatoms. The van der Waals surface area contributed by atoms with E-state index in [9.17, 15) is 0 Å². The van der Waals surface area contributed by atoms with Gasteiger partial charge in [0.05, 0.1) is 9.75 Å². The molecular formula is C48H33NO3S. The first-order valence-corrected chi connectivity index (χ1v) is 18.6. The summed E-state index contributed by atoms with van der Waals surface area (Å²) in [7, 11) is 0. The van der Waals surface area contributed by atoms with Crippen molar-refractivity contribution in [3.05, 3.63) is 176 Å². The Labute approximate surface area is 311 Å². The van der Waals surface area contributed by atoms with Gasteiger partial charge in [-0.25, -0.2) is 0 Å². The lowest BCUT2D eigenvalue weighted by Crippen LogP contribution is -2.14. The van der Waals surface area contributed by atoms with Crippen LogP contribution in [0.4, 0.5) is 17.1 Å². The second kappa shape index (κ2) is 13.2. The van der Waals surface area contributed by atoms with Crippen LogP contribution in [0, 0.1) is 0 Å². The minimum Gasteiger partial charge on any atom is -0.485 e. The molecule has 3 heterocycles. The maximum atomic E-state index is 6.38. The molecule has 0 aliphatic carbocycles. The van der Waals surface area contributed by atoms with Crippen LogP contribution >= 0.6 is 11.3 Å². The zero-order chi connectivity index (χ0) is 35.1. The van der Waals surface area contributed by atoms with E-state index in [-0.39, 0.29) is 0 Å². The molecule has 0 saturated carbocycles. The zero-order valence-corrected chi connectivity index (χ0v) is 29.6. The number of anilines is 3. The number of para-hydroxylation sites is 2. The number of nitrogens with zero attached hydrogens (tertiary/aromatic N) is 1. The van der Waals surface area contributed by atoms with Crippen LogP contribution in [0.5, 0.6) is 11.5 Å². The molecule has 0 N–H and O–H groups in total. The van der Waals surface area contributed by atoms with Crippen molar-refractivity contribution in [1.29, 1.82) is 0 Å². The molecule has 2 aromatic heterocycles. The first-order valence-electron chi connectivity index (χ1n) is 17.8. The summed E-state index contributed by atoms with van der Waals surface area (Å²) in [6.07, 6.45) is 0. The fourth-order valence-electron chi connectivity index (χ4n) is 7.33. The van der Waals surface area contributed by atoms with Gasteiger partial charge < -0.3 is 18.8 Å². The summed E-state index contributed by atoms with van der Waals surface area (Å²) < 4.78 is 18.8. The summed E-state index contributed by atoms with van der Waals surface area (Å²) in [6.45, 7) is 1.09. The number of hydrogen-bond donors (Lipinski definition) is 0. The van der Waals surface area contributed by atoms with Crippen LogP contribution < -0.4 is 14.4 Å². The van der Waals surface area contributed by atoms with E-state index in [4.69, 9.17) is 13.9 Å². The van der Waals surface area contributed by atoms with Gasteiger partial charge in [0.15, 0.2) is 11.5 Å². The zero-order valence-electron chi connectivity index (χ0n) is 28.7. The van der Waals surface area contributed by atoms with E-state index >= 15 is 0 Å². The Bertz CT molecular complexity index is 2700. The maximum absolute atomic E-state index is 6.38. The number of thiophene rings is 1. The van der Waals surface area contributed by atoms with Crippen LogP contribution in [0.3, 0.4) is 0 Å². The standard InChI is InChI=1S/C48H33NO3S/c1-3-10-32(11-4-1)33-18-24-37(25-19-33)49(38-26-20-34(21-27-38)40-15-9-16-42-41-14-7-8-17-43(41)52-44(40)42)39-28-22-36(23-29-39)48-46-45(50-30-31-51-46)47(53-48)35-12-5-2-6-13-35/h1-29H,30-31H2. The normalized spacial score (nSPS) is 12.3. The van der Waals surface area contributed by atoms with Crippen molar-refractivity contribution >= 4 is 50.3 Å². The molecule has 10 rings (SSSR count). The summed E-state index contributed by atoms with van der Waals surface area (Å²) in [5, 5.41) is 2.26. The molecular weight excluding hydrogens is 671 g/mol. The lowest BCUT2D eigenvalue weighted by atomic mass is 10.0. The molecule has 0 bridgehead atoms. The molecule has 254 valence electrons. The Hall–Kier alpha value is -6.56. The molecule has 0 spiro atoms. The second-order valence-corrected chi connectivity index (χ2v) is 14.1. The molecule has 4 nitrogen and oxygen atoms in total. The summed E-state index contributed by atoms with van der Waals surface area (Å²) in [5.74, 6) is 1.67. The molecule has 53 heavy (non-hydrogen) atoms. The maximum Gasteiger partial charge on any atom is 0.180 e. The number of benzene rings is 7. The second-order valence-electron chi connectivity index (χ2n) is 13.1. The lowest BCUT2D eigenvalue weighted by Gasteiger charge is -2.26. The smallest absolute Gasteiger partial charge is 0.180 e. The van der Waals surface area contributed by atoms with Crippen molar-refractivity contribution in [3.8, 4) is 54.6 Å². The fraction of sp³-hybridized carbons (Fsp3) is 0.0417. The number of furan rings is 1. The van der Waals surface area contributed by atoms with Crippen molar-refractivity contribution in [2.24, 2.45) is 0 Å². The first-order chi connectivity index (χ1) is 26.3. The Morgan fingerprint density at radius 3 is 1.49 bits per heavy atom. The molecule has 1 aliphatic heterocycles. The molecule has 0 radical (unpaired) electrons. The number of rotatable bonds is 7. The van der Waals surface area contributed by atoms with Gasteiger partial charge in [-0.15, -0.1) is 11.3 Å². The third-order valence-corrected chi connectivity index (χ3v) is 11.1. The van der Waals surface area contributed by atoms with Crippen molar-refractivity contribution in [1.82, 2.24) is 0 Å². The van der Waals surface area contributed by atoms with E-state index in [0.29, 0.717) is 13.2 Å².